The summed E-state index contributed by atoms with van der Waals surface area (Å²) in [5, 5.41) is -0.0447. The van der Waals surface area contributed by atoms with Crippen LogP contribution in [0.25, 0.3) is 0 Å². The maximum absolute atomic E-state index is 11.1. The fraction of sp³-hybridized carbons (Fsp3) is 0.750. The van der Waals surface area contributed by atoms with E-state index in [1.807, 2.05) is 0 Å². The van der Waals surface area contributed by atoms with Crippen LogP contribution in [0.1, 0.15) is 27.7 Å². The van der Waals surface area contributed by atoms with Crippen molar-refractivity contribution in [3.63, 3.8) is 0 Å². The van der Waals surface area contributed by atoms with Gasteiger partial charge < -0.3 is 4.74 Å². The molecule has 0 N–H and O–H groups in total. The maximum Gasteiger partial charge on any atom is 0.312 e. The Morgan fingerprint density at radius 3 is 2.17 bits per heavy atom. The first-order valence-corrected chi connectivity index (χ1v) is 4.63. The standard InChI is InChI=1S/C8H14O3S/c1-6(9)12-5-11-7(10)8(2,3)4/h5H2,1-4H3. The van der Waals surface area contributed by atoms with Gasteiger partial charge in [0.2, 0.25) is 0 Å². The van der Waals surface area contributed by atoms with Gasteiger partial charge in [0.05, 0.1) is 5.41 Å². The van der Waals surface area contributed by atoms with Crippen molar-refractivity contribution in [2.75, 3.05) is 5.94 Å². The highest BCUT2D eigenvalue weighted by Crippen LogP contribution is 2.16. The van der Waals surface area contributed by atoms with Crippen LogP contribution >= 0.6 is 11.8 Å². The van der Waals surface area contributed by atoms with Gasteiger partial charge in [-0.1, -0.05) is 0 Å². The van der Waals surface area contributed by atoms with E-state index in [-0.39, 0.29) is 17.0 Å². The molecule has 0 spiro atoms. The van der Waals surface area contributed by atoms with Crippen molar-refractivity contribution in [1.82, 2.24) is 0 Å². The molecule has 0 bridgehead atoms. The lowest BCUT2D eigenvalue weighted by Gasteiger charge is -2.15. The van der Waals surface area contributed by atoms with Gasteiger partial charge >= 0.3 is 5.97 Å². The Bertz CT molecular complexity index is 181. The SMILES string of the molecule is CC(=O)SCOC(=O)C(C)(C)C. The van der Waals surface area contributed by atoms with E-state index in [9.17, 15) is 9.59 Å². The molecule has 0 fully saturated rings. The molecule has 0 aliphatic carbocycles. The number of hydrogen-bond acceptors (Lipinski definition) is 4. The lowest BCUT2D eigenvalue weighted by atomic mass is 9.98. The predicted molar refractivity (Wildman–Crippen MR) is 48.7 cm³/mol. The normalized spacial score (nSPS) is 11.0. The number of hydrogen-bond donors (Lipinski definition) is 0. The van der Waals surface area contributed by atoms with Gasteiger partial charge in [-0.15, -0.1) is 0 Å². The van der Waals surface area contributed by atoms with Gasteiger partial charge in [0.25, 0.3) is 0 Å². The summed E-state index contributed by atoms with van der Waals surface area (Å²) in [7, 11) is 0. The third-order valence-corrected chi connectivity index (χ3v) is 1.71. The molecule has 12 heavy (non-hydrogen) atoms. The van der Waals surface area contributed by atoms with E-state index < -0.39 is 5.41 Å². The number of carbonyl (C=O) groups excluding carboxylic acids is 2. The van der Waals surface area contributed by atoms with Crippen molar-refractivity contribution in [2.45, 2.75) is 27.7 Å². The zero-order valence-electron chi connectivity index (χ0n) is 7.84. The molecule has 0 saturated heterocycles. The second-order valence-corrected chi connectivity index (χ2v) is 4.53. The van der Waals surface area contributed by atoms with E-state index in [4.69, 9.17) is 4.74 Å². The first kappa shape index (κ1) is 11.5. The summed E-state index contributed by atoms with van der Waals surface area (Å²) in [6.07, 6.45) is 0. The molecule has 0 aliphatic heterocycles. The minimum absolute atomic E-state index is 0.0447. The fourth-order valence-corrected chi connectivity index (χ4v) is 0.714. The van der Waals surface area contributed by atoms with E-state index >= 15 is 0 Å². The van der Waals surface area contributed by atoms with E-state index in [1.54, 1.807) is 20.8 Å². The summed E-state index contributed by atoms with van der Waals surface area (Å²) in [5.41, 5.74) is -0.489. The van der Waals surface area contributed by atoms with Crippen molar-refractivity contribution in [2.24, 2.45) is 5.41 Å². The highest BCUT2D eigenvalue weighted by Gasteiger charge is 2.22. The van der Waals surface area contributed by atoms with Gasteiger partial charge in [-0.05, 0) is 32.5 Å². The van der Waals surface area contributed by atoms with Gasteiger partial charge in [0.15, 0.2) is 5.12 Å². The molecule has 0 radical (unpaired) electrons. The topological polar surface area (TPSA) is 43.4 Å². The molecule has 70 valence electrons. The Hall–Kier alpha value is -0.510. The molecule has 0 aromatic heterocycles. The molecule has 0 heterocycles. The summed E-state index contributed by atoms with van der Waals surface area (Å²) in [4.78, 5) is 21.5. The average molecular weight is 190 g/mol. The fourth-order valence-electron chi connectivity index (χ4n) is 0.382. The minimum Gasteiger partial charge on any atom is -0.454 e. The lowest BCUT2D eigenvalue weighted by molar-refractivity contribution is -0.150. The molecule has 0 saturated carbocycles. The van der Waals surface area contributed by atoms with E-state index in [0.29, 0.717) is 0 Å². The Labute approximate surface area is 76.9 Å². The van der Waals surface area contributed by atoms with Crippen LogP contribution in [0.2, 0.25) is 0 Å². The molecule has 4 heteroatoms. The van der Waals surface area contributed by atoms with E-state index in [2.05, 4.69) is 0 Å². The Morgan fingerprint density at radius 2 is 1.83 bits per heavy atom. The number of carbonyl (C=O) groups is 2. The van der Waals surface area contributed by atoms with Gasteiger partial charge in [0, 0.05) is 6.92 Å². The highest BCUT2D eigenvalue weighted by molar-refractivity contribution is 8.13. The quantitative estimate of drug-likeness (QED) is 0.492. The molecule has 0 unspecified atom stereocenters. The van der Waals surface area contributed by atoms with Gasteiger partial charge in [-0.3, -0.25) is 9.59 Å². The number of thioether (sulfide) groups is 1. The second-order valence-electron chi connectivity index (χ2n) is 3.44. The summed E-state index contributed by atoms with van der Waals surface area (Å²) in [5.74, 6) is -0.165. The monoisotopic (exact) mass is 190 g/mol. The third kappa shape index (κ3) is 5.18. The smallest absolute Gasteiger partial charge is 0.312 e. The Morgan fingerprint density at radius 1 is 1.33 bits per heavy atom. The zero-order chi connectivity index (χ0) is 9.78. The molecule has 0 aromatic carbocycles. The van der Waals surface area contributed by atoms with Gasteiger partial charge in [-0.2, -0.15) is 0 Å². The second kappa shape index (κ2) is 4.50. The lowest BCUT2D eigenvalue weighted by Crippen LogP contribution is -2.22. The molecule has 0 aliphatic rings. The van der Waals surface area contributed by atoms with E-state index in [0.717, 1.165) is 11.8 Å². The molecule has 0 rings (SSSR count). The van der Waals surface area contributed by atoms with Gasteiger partial charge in [-0.25, -0.2) is 0 Å². The summed E-state index contributed by atoms with van der Waals surface area (Å²) < 4.78 is 4.82. The number of rotatable bonds is 2. The first-order valence-electron chi connectivity index (χ1n) is 3.64. The molecule has 3 nitrogen and oxygen atoms in total. The minimum atomic E-state index is -0.489. The first-order chi connectivity index (χ1) is 5.34. The van der Waals surface area contributed by atoms with Crippen LogP contribution in [0.4, 0.5) is 0 Å². The predicted octanol–water partition coefficient (Wildman–Crippen LogP) is 1.81. The Kier molecular flexibility index (Phi) is 4.31. The maximum atomic E-state index is 11.1. The summed E-state index contributed by atoms with van der Waals surface area (Å²) in [6.45, 7) is 6.75. The number of ether oxygens (including phenoxy) is 1. The Balaban J connectivity index is 3.66. The largest absolute Gasteiger partial charge is 0.454 e. The van der Waals surface area contributed by atoms with Crippen molar-refractivity contribution in [3.8, 4) is 0 Å². The highest BCUT2D eigenvalue weighted by atomic mass is 32.2. The zero-order valence-corrected chi connectivity index (χ0v) is 8.66. The summed E-state index contributed by atoms with van der Waals surface area (Å²) in [6, 6.07) is 0. The van der Waals surface area contributed by atoms with Crippen LogP contribution in [0.3, 0.4) is 0 Å². The number of esters is 1. The van der Waals surface area contributed by atoms with Crippen molar-refractivity contribution in [1.29, 1.82) is 0 Å². The van der Waals surface area contributed by atoms with Crippen LogP contribution in [-0.2, 0) is 14.3 Å². The van der Waals surface area contributed by atoms with Crippen LogP contribution in [0.15, 0.2) is 0 Å². The average Bonchev–Trinajstić information content (AvgIpc) is 1.84. The van der Waals surface area contributed by atoms with Crippen molar-refractivity contribution in [3.05, 3.63) is 0 Å². The van der Waals surface area contributed by atoms with Gasteiger partial charge in [0.1, 0.15) is 5.94 Å². The molecule has 0 aromatic rings. The molecule has 0 amide bonds. The van der Waals surface area contributed by atoms with Crippen LogP contribution in [-0.4, -0.2) is 17.0 Å². The van der Waals surface area contributed by atoms with Crippen LogP contribution in [0.5, 0.6) is 0 Å². The van der Waals surface area contributed by atoms with Crippen molar-refractivity contribution >= 4 is 22.8 Å². The van der Waals surface area contributed by atoms with Crippen molar-refractivity contribution < 1.29 is 14.3 Å². The molecule has 0 atom stereocenters. The van der Waals surface area contributed by atoms with E-state index in [1.165, 1.54) is 6.92 Å². The summed E-state index contributed by atoms with van der Waals surface area (Å²) >= 11 is 0.994. The molecular formula is C8H14O3S. The van der Waals surface area contributed by atoms with Crippen LogP contribution < -0.4 is 0 Å². The van der Waals surface area contributed by atoms with Crippen LogP contribution in [0, 0.1) is 5.41 Å². The molecular weight excluding hydrogens is 176 g/mol. The third-order valence-electron chi connectivity index (χ3n) is 1.06.